The van der Waals surface area contributed by atoms with Crippen molar-refractivity contribution >= 4 is 109 Å². The van der Waals surface area contributed by atoms with Crippen LogP contribution < -0.4 is 9.44 Å². The number of thiophene rings is 2. The molecule has 192 valence electrons. The van der Waals surface area contributed by atoms with Crippen molar-refractivity contribution in [3.63, 3.8) is 0 Å². The summed E-state index contributed by atoms with van der Waals surface area (Å²) >= 11 is 20.5. The highest BCUT2D eigenvalue weighted by Gasteiger charge is 2.26. The molecule has 0 atom stereocenters. The van der Waals surface area contributed by atoms with Crippen molar-refractivity contribution in [2.24, 2.45) is 0 Å². The lowest BCUT2D eigenvalue weighted by Gasteiger charge is -2.15. The minimum atomic E-state index is -4.09. The molecule has 2 N–H and O–H groups in total. The van der Waals surface area contributed by atoms with Crippen molar-refractivity contribution in [2.45, 2.75) is 22.3 Å². The number of halogens is 3. The van der Waals surface area contributed by atoms with Gasteiger partial charge in [-0.2, -0.15) is 0 Å². The van der Waals surface area contributed by atoms with Crippen LogP contribution in [-0.2, 0) is 20.0 Å². The topological polar surface area (TPSA) is 92.3 Å². The zero-order valence-electron chi connectivity index (χ0n) is 19.1. The van der Waals surface area contributed by atoms with Crippen molar-refractivity contribution in [3.05, 3.63) is 80.8 Å². The quantitative estimate of drug-likeness (QED) is 0.197. The Morgan fingerprint density at radius 1 is 0.595 bits per heavy atom. The Hall–Kier alpha value is -2.05. The molecule has 0 amide bonds. The number of rotatable bonds is 6. The number of aryl methyl sites for hydroxylation is 2. The molecule has 0 aliphatic heterocycles. The van der Waals surface area contributed by atoms with Crippen LogP contribution in [0, 0.1) is 13.8 Å². The first-order chi connectivity index (χ1) is 17.4. The zero-order chi connectivity index (χ0) is 26.7. The van der Waals surface area contributed by atoms with Gasteiger partial charge in [0.2, 0.25) is 0 Å². The van der Waals surface area contributed by atoms with E-state index in [0.717, 1.165) is 42.8 Å². The van der Waals surface area contributed by atoms with Gasteiger partial charge in [0, 0.05) is 24.5 Å². The number of benzene rings is 3. The second-order valence-corrected chi connectivity index (χ2v) is 15.4. The summed E-state index contributed by atoms with van der Waals surface area (Å²) in [4.78, 5) is 0. The van der Waals surface area contributed by atoms with Gasteiger partial charge in [-0.05, 0) is 90.3 Å². The first-order valence-corrected chi connectivity index (χ1v) is 16.3. The third kappa shape index (κ3) is 5.04. The van der Waals surface area contributed by atoms with Gasteiger partial charge in [-0.15, -0.1) is 22.7 Å². The smallest absolute Gasteiger partial charge is 0.271 e. The SMILES string of the molecule is Cc1c(S(=O)(=O)Nc2ccc(Cl)cc2NS(=O)(=O)c2sc3ccc(Cl)cc3c2C)sc2ccc(Cl)cc12. The summed E-state index contributed by atoms with van der Waals surface area (Å²) < 4.78 is 60.4. The summed E-state index contributed by atoms with van der Waals surface area (Å²) in [6.07, 6.45) is 0. The number of fused-ring (bicyclic) bond motifs is 2. The maximum atomic E-state index is 13.4. The van der Waals surface area contributed by atoms with Gasteiger partial charge >= 0.3 is 0 Å². The van der Waals surface area contributed by atoms with E-state index in [-0.39, 0.29) is 24.8 Å². The largest absolute Gasteiger partial charge is 0.277 e. The fraction of sp³-hybridized carbons (Fsp3) is 0.0833. The molecule has 3 aromatic carbocycles. The van der Waals surface area contributed by atoms with E-state index in [4.69, 9.17) is 34.8 Å². The molecule has 2 aromatic heterocycles. The minimum absolute atomic E-state index is 0.00669. The molecule has 0 saturated heterocycles. The monoisotopic (exact) mass is 630 g/mol. The summed E-state index contributed by atoms with van der Waals surface area (Å²) in [6, 6.07) is 14.6. The lowest BCUT2D eigenvalue weighted by Crippen LogP contribution is -2.17. The predicted molar refractivity (Wildman–Crippen MR) is 156 cm³/mol. The Bertz CT molecular complexity index is 1930. The third-order valence-corrected chi connectivity index (χ3v) is 12.9. The standard InChI is InChI=1S/C24H17Cl3N2O4S4/c1-12-17-9-14(25)4-7-21(17)34-23(12)36(30,31)28-19-6-3-16(27)11-20(19)29-37(32,33)24-13(2)18-10-15(26)5-8-22(18)35-24/h3-11,28-29H,1-2H3. The molecule has 0 radical (unpaired) electrons. The molecule has 0 aliphatic carbocycles. The van der Waals surface area contributed by atoms with Crippen LogP contribution in [0.5, 0.6) is 0 Å². The van der Waals surface area contributed by atoms with Gasteiger partial charge in [0.05, 0.1) is 11.4 Å². The van der Waals surface area contributed by atoms with E-state index in [1.54, 1.807) is 50.2 Å². The van der Waals surface area contributed by atoms with Crippen LogP contribution in [0.25, 0.3) is 20.2 Å². The van der Waals surface area contributed by atoms with Crippen LogP contribution in [0.3, 0.4) is 0 Å². The van der Waals surface area contributed by atoms with E-state index in [9.17, 15) is 16.8 Å². The molecule has 0 spiro atoms. The maximum Gasteiger partial charge on any atom is 0.271 e. The average molecular weight is 632 g/mol. The average Bonchev–Trinajstić information content (AvgIpc) is 3.33. The molecule has 0 saturated carbocycles. The number of sulfonamides is 2. The number of hydrogen-bond acceptors (Lipinski definition) is 6. The van der Waals surface area contributed by atoms with E-state index in [0.29, 0.717) is 21.2 Å². The molecule has 13 heteroatoms. The first-order valence-electron chi connectivity index (χ1n) is 10.6. The lowest BCUT2D eigenvalue weighted by molar-refractivity contribution is 0.600. The predicted octanol–water partition coefficient (Wildman–Crippen LogP) is 8.29. The second-order valence-electron chi connectivity index (χ2n) is 8.21. The normalized spacial score (nSPS) is 12.4. The Morgan fingerprint density at radius 3 is 1.49 bits per heavy atom. The van der Waals surface area contributed by atoms with E-state index >= 15 is 0 Å². The molecule has 5 rings (SSSR count). The fourth-order valence-corrected chi connectivity index (χ4v) is 10.1. The highest BCUT2D eigenvalue weighted by Crippen LogP contribution is 2.39. The summed E-state index contributed by atoms with van der Waals surface area (Å²) in [6.45, 7) is 3.40. The van der Waals surface area contributed by atoms with E-state index in [1.807, 2.05) is 0 Å². The molecule has 2 heterocycles. The van der Waals surface area contributed by atoms with Crippen LogP contribution in [0.4, 0.5) is 11.4 Å². The van der Waals surface area contributed by atoms with Crippen LogP contribution >= 0.6 is 57.5 Å². The Morgan fingerprint density at radius 2 is 1.00 bits per heavy atom. The van der Waals surface area contributed by atoms with E-state index in [1.165, 1.54) is 18.2 Å². The van der Waals surface area contributed by atoms with E-state index < -0.39 is 20.0 Å². The van der Waals surface area contributed by atoms with Gasteiger partial charge < -0.3 is 0 Å². The van der Waals surface area contributed by atoms with Crippen molar-refractivity contribution in [1.29, 1.82) is 0 Å². The van der Waals surface area contributed by atoms with E-state index in [2.05, 4.69) is 9.44 Å². The summed E-state index contributed by atoms with van der Waals surface area (Å²) in [5.41, 5.74) is 1.11. The number of anilines is 2. The van der Waals surface area contributed by atoms with Gasteiger partial charge in [0.15, 0.2) is 0 Å². The third-order valence-electron chi connectivity index (χ3n) is 5.67. The number of hydrogen-bond donors (Lipinski definition) is 2. The molecular formula is C24H17Cl3N2O4S4. The highest BCUT2D eigenvalue weighted by atomic mass is 35.5. The number of nitrogens with one attached hydrogen (secondary N) is 2. The minimum Gasteiger partial charge on any atom is -0.277 e. The van der Waals surface area contributed by atoms with Crippen LogP contribution in [0.2, 0.25) is 15.1 Å². The molecule has 0 unspecified atom stereocenters. The molecule has 0 bridgehead atoms. The molecule has 5 aromatic rings. The summed E-state index contributed by atoms with van der Waals surface area (Å²) in [5, 5.41) is 2.68. The van der Waals surface area contributed by atoms with Gasteiger partial charge in [-0.1, -0.05) is 34.8 Å². The second kappa shape index (κ2) is 9.60. The summed E-state index contributed by atoms with van der Waals surface area (Å²) in [5.74, 6) is 0. The van der Waals surface area contributed by atoms with Crippen LogP contribution in [0.15, 0.2) is 63.0 Å². The van der Waals surface area contributed by atoms with Crippen molar-refractivity contribution in [3.8, 4) is 0 Å². The highest BCUT2D eigenvalue weighted by molar-refractivity contribution is 7.95. The van der Waals surface area contributed by atoms with Crippen molar-refractivity contribution < 1.29 is 16.8 Å². The Labute approximate surface area is 236 Å². The van der Waals surface area contributed by atoms with Crippen LogP contribution in [0.1, 0.15) is 11.1 Å². The zero-order valence-corrected chi connectivity index (χ0v) is 24.6. The molecular weight excluding hydrogens is 615 g/mol. The molecule has 0 fully saturated rings. The Kier molecular flexibility index (Phi) is 6.89. The van der Waals surface area contributed by atoms with Crippen molar-refractivity contribution in [2.75, 3.05) is 9.44 Å². The molecule has 6 nitrogen and oxygen atoms in total. The lowest BCUT2D eigenvalue weighted by atomic mass is 10.2. The van der Waals surface area contributed by atoms with Gasteiger partial charge in [-0.25, -0.2) is 16.8 Å². The van der Waals surface area contributed by atoms with Crippen LogP contribution in [-0.4, -0.2) is 16.8 Å². The van der Waals surface area contributed by atoms with Gasteiger partial charge in [0.25, 0.3) is 20.0 Å². The fourth-order valence-electron chi connectivity index (χ4n) is 3.93. The Balaban J connectivity index is 1.54. The van der Waals surface area contributed by atoms with Gasteiger partial charge in [-0.3, -0.25) is 9.44 Å². The molecule has 37 heavy (non-hydrogen) atoms. The first kappa shape index (κ1) is 26.6. The maximum absolute atomic E-state index is 13.4. The molecule has 0 aliphatic rings. The summed E-state index contributed by atoms with van der Waals surface area (Å²) in [7, 11) is -8.16. The van der Waals surface area contributed by atoms with Gasteiger partial charge in [0.1, 0.15) is 8.42 Å². The van der Waals surface area contributed by atoms with Crippen molar-refractivity contribution in [1.82, 2.24) is 0 Å².